The number of primary amides is 1. The molecule has 4 nitrogen and oxygen atoms in total. The van der Waals surface area contributed by atoms with E-state index in [-0.39, 0.29) is 5.91 Å². The molecule has 0 bridgehead atoms. The summed E-state index contributed by atoms with van der Waals surface area (Å²) in [6, 6.07) is 0. The lowest BCUT2D eigenvalue weighted by atomic mass is 9.89. The third kappa shape index (κ3) is 1.24. The first kappa shape index (κ1) is 7.78. The molecule has 0 spiro atoms. The number of aromatic nitrogens is 2. The van der Waals surface area contributed by atoms with Crippen LogP contribution in [0.25, 0.3) is 0 Å². The lowest BCUT2D eigenvalue weighted by Gasteiger charge is -2.16. The fourth-order valence-corrected chi connectivity index (χ4v) is 0.728. The molecule has 1 rings (SSSR count). The molecular weight excluding hydrogens is 142 g/mol. The van der Waals surface area contributed by atoms with Gasteiger partial charge in [-0.25, -0.2) is 4.98 Å². The topological polar surface area (TPSA) is 71.8 Å². The Balaban J connectivity index is 3.00. The van der Waals surface area contributed by atoms with Gasteiger partial charge in [-0.05, 0) is 13.8 Å². The number of H-pyrrole nitrogens is 1. The van der Waals surface area contributed by atoms with Gasteiger partial charge in [0.25, 0.3) is 0 Å². The largest absolute Gasteiger partial charge is 0.369 e. The average molecular weight is 153 g/mol. The first-order chi connectivity index (χ1) is 5.05. The maximum absolute atomic E-state index is 10.9. The van der Waals surface area contributed by atoms with E-state index in [0.29, 0.717) is 5.69 Å². The second-order valence-electron chi connectivity index (χ2n) is 2.94. The van der Waals surface area contributed by atoms with Crippen LogP contribution >= 0.6 is 0 Å². The first-order valence-corrected chi connectivity index (χ1v) is 3.34. The molecule has 0 radical (unpaired) electrons. The van der Waals surface area contributed by atoms with Crippen molar-refractivity contribution in [3.63, 3.8) is 0 Å². The zero-order valence-electron chi connectivity index (χ0n) is 6.59. The van der Waals surface area contributed by atoms with Crippen molar-refractivity contribution >= 4 is 5.91 Å². The summed E-state index contributed by atoms with van der Waals surface area (Å²) in [6.45, 7) is 3.48. The summed E-state index contributed by atoms with van der Waals surface area (Å²) >= 11 is 0. The van der Waals surface area contributed by atoms with Gasteiger partial charge >= 0.3 is 0 Å². The minimum Gasteiger partial charge on any atom is -0.369 e. The molecule has 0 unspecified atom stereocenters. The normalized spacial score (nSPS) is 11.5. The smallest absolute Gasteiger partial charge is 0.229 e. The summed E-state index contributed by atoms with van der Waals surface area (Å²) in [5, 5.41) is 0. The fraction of sp³-hybridized carbons (Fsp3) is 0.429. The molecule has 0 aromatic carbocycles. The number of amides is 1. The standard InChI is InChI=1S/C7H11N3O/c1-7(2,6(8)11)5-3-9-4-10-5/h3-4H,1-2H3,(H2,8,11)(H,9,10). The van der Waals surface area contributed by atoms with Crippen molar-refractivity contribution in [2.45, 2.75) is 19.3 Å². The van der Waals surface area contributed by atoms with Gasteiger partial charge in [0.05, 0.1) is 17.4 Å². The van der Waals surface area contributed by atoms with Gasteiger partial charge < -0.3 is 10.7 Å². The van der Waals surface area contributed by atoms with E-state index in [1.807, 2.05) is 0 Å². The van der Waals surface area contributed by atoms with Crippen molar-refractivity contribution in [3.05, 3.63) is 18.2 Å². The van der Waals surface area contributed by atoms with Gasteiger partial charge in [-0.15, -0.1) is 0 Å². The molecule has 0 saturated carbocycles. The zero-order chi connectivity index (χ0) is 8.48. The summed E-state index contributed by atoms with van der Waals surface area (Å²) in [5.74, 6) is -0.371. The fourth-order valence-electron chi connectivity index (χ4n) is 0.728. The Hall–Kier alpha value is -1.32. The number of aromatic amines is 1. The molecule has 0 fully saturated rings. The van der Waals surface area contributed by atoms with E-state index >= 15 is 0 Å². The van der Waals surface area contributed by atoms with Gasteiger partial charge in [0.15, 0.2) is 0 Å². The highest BCUT2D eigenvalue weighted by Crippen LogP contribution is 2.18. The highest BCUT2D eigenvalue weighted by molar-refractivity contribution is 5.85. The van der Waals surface area contributed by atoms with E-state index in [1.54, 1.807) is 20.0 Å². The summed E-state index contributed by atoms with van der Waals surface area (Å²) in [7, 11) is 0. The molecule has 0 aliphatic rings. The predicted molar refractivity (Wildman–Crippen MR) is 40.8 cm³/mol. The van der Waals surface area contributed by atoms with Crippen LogP contribution in [0.2, 0.25) is 0 Å². The van der Waals surface area contributed by atoms with Crippen LogP contribution in [0.1, 0.15) is 19.5 Å². The number of rotatable bonds is 2. The average Bonchev–Trinajstić information content (AvgIpc) is 2.37. The summed E-state index contributed by atoms with van der Waals surface area (Å²) in [5.41, 5.74) is 5.16. The summed E-state index contributed by atoms with van der Waals surface area (Å²) in [4.78, 5) is 17.6. The predicted octanol–water partition coefficient (Wildman–Crippen LogP) is 0.173. The van der Waals surface area contributed by atoms with E-state index in [1.165, 1.54) is 6.33 Å². The minimum absolute atomic E-state index is 0.371. The van der Waals surface area contributed by atoms with E-state index in [0.717, 1.165) is 0 Å². The molecule has 0 saturated heterocycles. The van der Waals surface area contributed by atoms with Gasteiger partial charge in [0.2, 0.25) is 5.91 Å². The maximum Gasteiger partial charge on any atom is 0.229 e. The van der Waals surface area contributed by atoms with Crippen LogP contribution in [-0.2, 0) is 10.2 Å². The molecule has 1 heterocycles. The number of carbonyl (C=O) groups excluding carboxylic acids is 1. The van der Waals surface area contributed by atoms with Crippen LogP contribution in [0.5, 0.6) is 0 Å². The van der Waals surface area contributed by atoms with Gasteiger partial charge in [0.1, 0.15) is 0 Å². The molecule has 11 heavy (non-hydrogen) atoms. The second-order valence-corrected chi connectivity index (χ2v) is 2.94. The Morgan fingerprint density at radius 1 is 1.73 bits per heavy atom. The molecule has 4 heteroatoms. The van der Waals surface area contributed by atoms with Crippen molar-refractivity contribution in [2.75, 3.05) is 0 Å². The van der Waals surface area contributed by atoms with Gasteiger partial charge in [0, 0.05) is 6.20 Å². The number of nitrogens with one attached hydrogen (secondary N) is 1. The molecule has 0 aliphatic heterocycles. The molecule has 0 aliphatic carbocycles. The molecule has 60 valence electrons. The van der Waals surface area contributed by atoms with Crippen molar-refractivity contribution < 1.29 is 4.79 Å². The van der Waals surface area contributed by atoms with E-state index in [2.05, 4.69) is 9.97 Å². The molecule has 0 atom stereocenters. The Kier molecular flexibility index (Phi) is 1.68. The number of carbonyl (C=O) groups is 1. The molecule has 3 N–H and O–H groups in total. The number of imidazole rings is 1. The van der Waals surface area contributed by atoms with Gasteiger partial charge in [-0.2, -0.15) is 0 Å². The minimum atomic E-state index is -0.681. The number of hydrogen-bond donors (Lipinski definition) is 2. The molecular formula is C7H11N3O. The van der Waals surface area contributed by atoms with Crippen LogP contribution in [-0.4, -0.2) is 15.9 Å². The van der Waals surface area contributed by atoms with E-state index in [9.17, 15) is 4.79 Å². The Morgan fingerprint density at radius 3 is 2.73 bits per heavy atom. The van der Waals surface area contributed by atoms with Gasteiger partial charge in [-0.1, -0.05) is 0 Å². The third-order valence-corrected chi connectivity index (χ3v) is 1.75. The second kappa shape index (κ2) is 2.38. The van der Waals surface area contributed by atoms with Crippen LogP contribution in [0.15, 0.2) is 12.5 Å². The number of nitrogens with two attached hydrogens (primary N) is 1. The lowest BCUT2D eigenvalue weighted by molar-refractivity contribution is -0.122. The van der Waals surface area contributed by atoms with E-state index in [4.69, 9.17) is 5.73 Å². The zero-order valence-corrected chi connectivity index (χ0v) is 6.59. The van der Waals surface area contributed by atoms with Crippen molar-refractivity contribution in [3.8, 4) is 0 Å². The SMILES string of the molecule is CC(C)(C(N)=O)c1c[nH]cn1. The van der Waals surface area contributed by atoms with Gasteiger partial charge in [-0.3, -0.25) is 4.79 Å². The highest BCUT2D eigenvalue weighted by Gasteiger charge is 2.28. The van der Waals surface area contributed by atoms with Crippen molar-refractivity contribution in [2.24, 2.45) is 5.73 Å². The summed E-state index contributed by atoms with van der Waals surface area (Å²) < 4.78 is 0. The van der Waals surface area contributed by atoms with Crippen LogP contribution in [0.3, 0.4) is 0 Å². The van der Waals surface area contributed by atoms with E-state index < -0.39 is 5.41 Å². The van der Waals surface area contributed by atoms with Crippen LogP contribution in [0, 0.1) is 0 Å². The highest BCUT2D eigenvalue weighted by atomic mass is 16.1. The third-order valence-electron chi connectivity index (χ3n) is 1.75. The van der Waals surface area contributed by atoms with Crippen LogP contribution < -0.4 is 5.73 Å². The Bertz CT molecular complexity index is 251. The number of nitrogens with zero attached hydrogens (tertiary/aromatic N) is 1. The Labute approximate surface area is 64.8 Å². The van der Waals surface area contributed by atoms with Crippen molar-refractivity contribution in [1.29, 1.82) is 0 Å². The molecule has 1 aromatic heterocycles. The monoisotopic (exact) mass is 153 g/mol. The Morgan fingerprint density at radius 2 is 2.36 bits per heavy atom. The quantitative estimate of drug-likeness (QED) is 0.635. The maximum atomic E-state index is 10.9. The first-order valence-electron chi connectivity index (χ1n) is 3.34. The molecule has 1 aromatic rings. The molecule has 1 amide bonds. The summed E-state index contributed by atoms with van der Waals surface area (Å²) in [6.07, 6.45) is 3.20. The number of hydrogen-bond acceptors (Lipinski definition) is 2. The lowest BCUT2D eigenvalue weighted by Crippen LogP contribution is -2.35. The van der Waals surface area contributed by atoms with Crippen molar-refractivity contribution in [1.82, 2.24) is 9.97 Å². The van der Waals surface area contributed by atoms with Crippen LogP contribution in [0.4, 0.5) is 0 Å².